The molecule has 0 radical (unpaired) electrons. The van der Waals surface area contributed by atoms with E-state index in [1.165, 1.54) is 12.5 Å². The maximum atomic E-state index is 12.3. The lowest BCUT2D eigenvalue weighted by molar-refractivity contribution is -0.143. The zero-order chi connectivity index (χ0) is 25.0. The molecule has 3 fully saturated rings. The number of pyridine rings is 2. The van der Waals surface area contributed by atoms with Crippen molar-refractivity contribution in [2.75, 3.05) is 23.5 Å². The van der Waals surface area contributed by atoms with Gasteiger partial charge < -0.3 is 15.4 Å². The minimum Gasteiger partial charge on any atom is -0.464 e. The lowest BCUT2D eigenvalue weighted by Crippen LogP contribution is -2.53. The summed E-state index contributed by atoms with van der Waals surface area (Å²) in [6.45, 7) is 2.42. The molecule has 3 N–H and O–H groups in total. The van der Waals surface area contributed by atoms with E-state index in [0.29, 0.717) is 47.0 Å². The van der Waals surface area contributed by atoms with Crippen molar-refractivity contribution < 1.29 is 17.9 Å². The third-order valence-electron chi connectivity index (χ3n) is 7.44. The van der Waals surface area contributed by atoms with Gasteiger partial charge in [0.05, 0.1) is 17.0 Å². The predicted molar refractivity (Wildman–Crippen MR) is 134 cm³/mol. The molecule has 6 heterocycles. The average Bonchev–Trinajstić information content (AvgIpc) is 3.49. The van der Waals surface area contributed by atoms with Gasteiger partial charge in [0, 0.05) is 60.2 Å². The Kier molecular flexibility index (Phi) is 5.60. The zero-order valence-corrected chi connectivity index (χ0v) is 21.0. The topological polar surface area (TPSA) is 142 Å². The highest BCUT2D eigenvalue weighted by molar-refractivity contribution is 7.90. The van der Waals surface area contributed by atoms with Crippen molar-refractivity contribution in [3.8, 4) is 0 Å². The molecule has 6 rings (SSSR count). The fourth-order valence-electron chi connectivity index (χ4n) is 5.88. The zero-order valence-electron chi connectivity index (χ0n) is 20.2. The van der Waals surface area contributed by atoms with Crippen molar-refractivity contribution in [3.63, 3.8) is 0 Å². The number of anilines is 3. The standard InChI is InChI=1S/C24H29N7O4S/c1-13-7-22(30-29-13)27-21-11-19-18(10-17(12-25-19)36(2,33)34)23(28-21)26-14-8-15-3-4-16(9-14)31(15)20-5-6-35-24(20)32/h7,10-12,14-16,20H,3-6,8-9H2,1-2H3,(H3,26,27,28,29,30)/t14?,15-,16+,20-/m1/s1. The highest BCUT2D eigenvalue weighted by Gasteiger charge is 2.47. The van der Waals surface area contributed by atoms with Crippen molar-refractivity contribution in [1.82, 2.24) is 25.1 Å². The Bertz CT molecular complexity index is 1430. The molecule has 3 aromatic heterocycles. The third-order valence-corrected chi connectivity index (χ3v) is 8.52. The number of rotatable bonds is 6. The fraction of sp³-hybridized carbons (Fsp3) is 0.500. The molecule has 190 valence electrons. The van der Waals surface area contributed by atoms with Crippen LogP contribution in [0.25, 0.3) is 10.9 Å². The summed E-state index contributed by atoms with van der Waals surface area (Å²) in [6, 6.07) is 5.91. The smallest absolute Gasteiger partial charge is 0.323 e. The van der Waals surface area contributed by atoms with E-state index in [-0.39, 0.29) is 22.9 Å². The number of ether oxygens (including phenoxy) is 1. The number of nitrogens with one attached hydrogen (secondary N) is 3. The van der Waals surface area contributed by atoms with Gasteiger partial charge in [0.25, 0.3) is 0 Å². The van der Waals surface area contributed by atoms with Gasteiger partial charge in [0.15, 0.2) is 15.7 Å². The monoisotopic (exact) mass is 511 g/mol. The molecular weight excluding hydrogens is 482 g/mol. The molecule has 4 atom stereocenters. The van der Waals surface area contributed by atoms with Crippen LogP contribution in [0, 0.1) is 6.92 Å². The van der Waals surface area contributed by atoms with Gasteiger partial charge in [-0.1, -0.05) is 0 Å². The number of fused-ring (bicyclic) bond motifs is 3. The van der Waals surface area contributed by atoms with Gasteiger partial charge in [-0.2, -0.15) is 5.10 Å². The number of aromatic nitrogens is 4. The van der Waals surface area contributed by atoms with Gasteiger partial charge in [0.2, 0.25) is 0 Å². The van der Waals surface area contributed by atoms with Crippen LogP contribution in [0.5, 0.6) is 0 Å². The van der Waals surface area contributed by atoms with E-state index in [4.69, 9.17) is 9.72 Å². The summed E-state index contributed by atoms with van der Waals surface area (Å²) < 4.78 is 29.7. The number of hydrogen-bond donors (Lipinski definition) is 3. The molecule has 3 saturated heterocycles. The Morgan fingerprint density at radius 1 is 1.11 bits per heavy atom. The number of carbonyl (C=O) groups is 1. The first-order chi connectivity index (χ1) is 17.2. The summed E-state index contributed by atoms with van der Waals surface area (Å²) in [5.41, 5.74) is 1.55. The molecule has 0 spiro atoms. The van der Waals surface area contributed by atoms with Crippen LogP contribution >= 0.6 is 0 Å². The van der Waals surface area contributed by atoms with Crippen LogP contribution in [0.3, 0.4) is 0 Å². The number of carbonyl (C=O) groups excluding carboxylic acids is 1. The Morgan fingerprint density at radius 2 is 1.89 bits per heavy atom. The second-order valence-corrected chi connectivity index (χ2v) is 12.1. The SMILES string of the molecule is Cc1cc(Nc2cc3ncc(S(C)(=O)=O)cc3c(NC3C[C@H]4CC[C@@H](C3)N4[C@@H]3CCOC3=O)n2)n[nH]1. The number of H-pyrrole nitrogens is 1. The van der Waals surface area contributed by atoms with Crippen LogP contribution in [-0.4, -0.2) is 76.5 Å². The summed E-state index contributed by atoms with van der Waals surface area (Å²) in [4.78, 5) is 24.0. The van der Waals surface area contributed by atoms with E-state index < -0.39 is 9.84 Å². The summed E-state index contributed by atoms with van der Waals surface area (Å²) in [7, 11) is -3.43. The van der Waals surface area contributed by atoms with Crippen molar-refractivity contribution in [3.05, 3.63) is 30.1 Å². The molecule has 12 heteroatoms. The van der Waals surface area contributed by atoms with Crippen LogP contribution in [0.15, 0.2) is 29.3 Å². The summed E-state index contributed by atoms with van der Waals surface area (Å²) >= 11 is 0. The maximum Gasteiger partial charge on any atom is 0.323 e. The lowest BCUT2D eigenvalue weighted by Gasteiger charge is -2.41. The van der Waals surface area contributed by atoms with Crippen molar-refractivity contribution >= 4 is 44.2 Å². The molecule has 1 unspecified atom stereocenters. The fourth-order valence-corrected chi connectivity index (χ4v) is 6.46. The second kappa shape index (κ2) is 8.70. The molecule has 36 heavy (non-hydrogen) atoms. The van der Waals surface area contributed by atoms with Gasteiger partial charge in [-0.05, 0) is 38.7 Å². The van der Waals surface area contributed by atoms with Crippen LogP contribution in [0.4, 0.5) is 17.5 Å². The first-order valence-corrected chi connectivity index (χ1v) is 14.1. The number of hydrogen-bond acceptors (Lipinski definition) is 10. The van der Waals surface area contributed by atoms with Crippen LogP contribution in [-0.2, 0) is 19.4 Å². The number of esters is 1. The minimum absolute atomic E-state index is 0.0993. The first kappa shape index (κ1) is 23.2. The Morgan fingerprint density at radius 3 is 2.53 bits per heavy atom. The van der Waals surface area contributed by atoms with Crippen molar-refractivity contribution in [1.29, 1.82) is 0 Å². The molecule has 0 aliphatic carbocycles. The molecule has 3 aromatic rings. The first-order valence-electron chi connectivity index (χ1n) is 12.2. The van der Waals surface area contributed by atoms with E-state index in [9.17, 15) is 13.2 Å². The van der Waals surface area contributed by atoms with E-state index in [0.717, 1.165) is 37.8 Å². The Hall–Kier alpha value is -3.25. The summed E-state index contributed by atoms with van der Waals surface area (Å²) in [5, 5.41) is 14.6. The Labute approximate surface area is 208 Å². The minimum atomic E-state index is -3.43. The lowest BCUT2D eigenvalue weighted by atomic mass is 9.94. The normalized spacial score (nSPS) is 26.3. The van der Waals surface area contributed by atoms with Gasteiger partial charge >= 0.3 is 5.97 Å². The molecule has 0 amide bonds. The quantitative estimate of drug-likeness (QED) is 0.423. The number of nitrogens with zero attached hydrogens (tertiary/aromatic N) is 4. The third kappa shape index (κ3) is 4.28. The predicted octanol–water partition coefficient (Wildman–Crippen LogP) is 2.53. The number of aryl methyl sites for hydroxylation is 1. The highest BCUT2D eigenvalue weighted by Crippen LogP contribution is 2.40. The number of piperidine rings is 1. The molecule has 0 aromatic carbocycles. The molecule has 2 bridgehead atoms. The number of cyclic esters (lactones) is 1. The van der Waals surface area contributed by atoms with Crippen molar-refractivity contribution in [2.24, 2.45) is 0 Å². The van der Waals surface area contributed by atoms with Gasteiger partial charge in [-0.15, -0.1) is 0 Å². The molecule has 3 aliphatic rings. The van der Waals surface area contributed by atoms with E-state index >= 15 is 0 Å². The molecule has 0 saturated carbocycles. The summed E-state index contributed by atoms with van der Waals surface area (Å²) in [6.07, 6.45) is 7.17. The van der Waals surface area contributed by atoms with E-state index in [2.05, 4.69) is 30.7 Å². The van der Waals surface area contributed by atoms with Crippen LogP contribution in [0.1, 0.15) is 37.8 Å². The van der Waals surface area contributed by atoms with Crippen molar-refractivity contribution in [2.45, 2.75) is 68.1 Å². The van der Waals surface area contributed by atoms with Gasteiger partial charge in [0.1, 0.15) is 17.7 Å². The van der Waals surface area contributed by atoms with Gasteiger partial charge in [-0.3, -0.25) is 19.8 Å². The number of aromatic amines is 1. The second-order valence-electron chi connectivity index (χ2n) is 10.0. The number of sulfone groups is 1. The largest absolute Gasteiger partial charge is 0.464 e. The van der Waals surface area contributed by atoms with Crippen LogP contribution < -0.4 is 10.6 Å². The highest BCUT2D eigenvalue weighted by atomic mass is 32.2. The van der Waals surface area contributed by atoms with Gasteiger partial charge in [-0.25, -0.2) is 13.4 Å². The molecule has 3 aliphatic heterocycles. The van der Waals surface area contributed by atoms with E-state index in [1.807, 2.05) is 13.0 Å². The summed E-state index contributed by atoms with van der Waals surface area (Å²) in [5.74, 6) is 1.68. The van der Waals surface area contributed by atoms with Crippen LogP contribution in [0.2, 0.25) is 0 Å². The molecular formula is C24H29N7O4S. The van der Waals surface area contributed by atoms with E-state index in [1.54, 1.807) is 12.1 Å². The molecule has 11 nitrogen and oxygen atoms in total. The maximum absolute atomic E-state index is 12.3. The Balaban J connectivity index is 1.32. The average molecular weight is 512 g/mol.